The van der Waals surface area contributed by atoms with Crippen LogP contribution in [0.1, 0.15) is 38.8 Å². The lowest BCUT2D eigenvalue weighted by molar-refractivity contribution is -0.123. The number of ether oxygens (including phenoxy) is 1. The third-order valence-electron chi connectivity index (χ3n) is 5.79. The minimum Gasteiger partial charge on any atom is -0.496 e. The van der Waals surface area contributed by atoms with E-state index in [2.05, 4.69) is 10.0 Å². The van der Waals surface area contributed by atoms with Crippen molar-refractivity contribution in [2.24, 2.45) is 5.92 Å². The molecule has 33 heavy (non-hydrogen) atoms. The Hall–Kier alpha value is -2.91. The smallest absolute Gasteiger partial charge is 0.241 e. The van der Waals surface area contributed by atoms with Crippen LogP contribution in [0.4, 0.5) is 5.69 Å². The molecule has 2 atom stereocenters. The molecule has 0 spiro atoms. The molecule has 1 aliphatic rings. The summed E-state index contributed by atoms with van der Waals surface area (Å²) in [5.74, 6) is -0.134. The van der Waals surface area contributed by atoms with E-state index in [4.69, 9.17) is 4.74 Å². The number of amides is 2. The van der Waals surface area contributed by atoms with Crippen LogP contribution in [-0.4, -0.2) is 39.4 Å². The molecule has 0 bridgehead atoms. The van der Waals surface area contributed by atoms with E-state index in [1.807, 2.05) is 25.1 Å². The van der Waals surface area contributed by atoms with Crippen LogP contribution >= 0.6 is 0 Å². The number of methoxy groups -OCH3 is 1. The first-order valence-electron chi connectivity index (χ1n) is 10.9. The molecule has 2 aromatic carbocycles. The van der Waals surface area contributed by atoms with Crippen molar-refractivity contribution in [2.75, 3.05) is 12.0 Å². The molecule has 0 saturated heterocycles. The number of carbonyl (C=O) groups is 2. The van der Waals surface area contributed by atoms with Gasteiger partial charge < -0.3 is 15.0 Å². The van der Waals surface area contributed by atoms with Crippen molar-refractivity contribution in [1.29, 1.82) is 0 Å². The molecule has 2 aromatic rings. The van der Waals surface area contributed by atoms with Gasteiger partial charge in [-0.15, -0.1) is 0 Å². The quantitative estimate of drug-likeness (QED) is 0.613. The number of hydrogen-bond donors (Lipinski definition) is 2. The van der Waals surface area contributed by atoms with E-state index in [9.17, 15) is 18.0 Å². The van der Waals surface area contributed by atoms with Crippen LogP contribution in [-0.2, 0) is 32.6 Å². The van der Waals surface area contributed by atoms with Crippen LogP contribution < -0.4 is 19.7 Å². The topological polar surface area (TPSA) is 105 Å². The molecule has 0 aliphatic carbocycles. The summed E-state index contributed by atoms with van der Waals surface area (Å²) in [7, 11) is -2.41. The summed E-state index contributed by atoms with van der Waals surface area (Å²) in [4.78, 5) is 26.6. The van der Waals surface area contributed by atoms with Gasteiger partial charge >= 0.3 is 0 Å². The predicted octanol–water partition coefficient (Wildman–Crippen LogP) is 2.61. The highest BCUT2D eigenvalue weighted by molar-refractivity contribution is 7.89. The van der Waals surface area contributed by atoms with Crippen molar-refractivity contribution < 1.29 is 22.7 Å². The first kappa shape index (κ1) is 24.7. The van der Waals surface area contributed by atoms with E-state index < -0.39 is 22.0 Å². The summed E-state index contributed by atoms with van der Waals surface area (Å²) in [6, 6.07) is 11.0. The molecular formula is C24H31N3O5S. The highest BCUT2D eigenvalue weighted by atomic mass is 32.2. The summed E-state index contributed by atoms with van der Waals surface area (Å²) in [5, 5.41) is 2.80. The zero-order valence-corrected chi connectivity index (χ0v) is 20.4. The summed E-state index contributed by atoms with van der Waals surface area (Å²) < 4.78 is 34.1. The fourth-order valence-corrected chi connectivity index (χ4v) is 5.52. The van der Waals surface area contributed by atoms with Crippen LogP contribution in [0.15, 0.2) is 47.4 Å². The fourth-order valence-electron chi connectivity index (χ4n) is 4.12. The Bertz CT molecular complexity index is 1150. The Morgan fingerprint density at radius 2 is 1.88 bits per heavy atom. The first-order chi connectivity index (χ1) is 15.5. The van der Waals surface area contributed by atoms with Crippen LogP contribution in [0.25, 0.3) is 0 Å². The van der Waals surface area contributed by atoms with E-state index in [-0.39, 0.29) is 29.3 Å². The summed E-state index contributed by atoms with van der Waals surface area (Å²) in [6.45, 7) is 7.20. The second-order valence-electron chi connectivity index (χ2n) is 8.61. The Labute approximate surface area is 195 Å². The van der Waals surface area contributed by atoms with Crippen LogP contribution in [0.3, 0.4) is 0 Å². The van der Waals surface area contributed by atoms with Gasteiger partial charge in [-0.2, -0.15) is 4.72 Å². The second kappa shape index (κ2) is 9.93. The Kier molecular flexibility index (Phi) is 7.44. The zero-order chi connectivity index (χ0) is 24.3. The fraction of sp³-hybridized carbons (Fsp3) is 0.417. The molecule has 8 nitrogen and oxygen atoms in total. The summed E-state index contributed by atoms with van der Waals surface area (Å²) >= 11 is 0. The normalized spacial score (nSPS) is 16.4. The van der Waals surface area contributed by atoms with Gasteiger partial charge in [-0.1, -0.05) is 32.0 Å². The molecule has 1 aliphatic heterocycles. The van der Waals surface area contributed by atoms with E-state index >= 15 is 0 Å². The van der Waals surface area contributed by atoms with E-state index in [0.717, 1.165) is 16.8 Å². The first-order valence-corrected chi connectivity index (χ1v) is 12.4. The van der Waals surface area contributed by atoms with Gasteiger partial charge in [-0.05, 0) is 49.1 Å². The third kappa shape index (κ3) is 5.36. The molecule has 3 rings (SSSR count). The number of sulfonamides is 1. The van der Waals surface area contributed by atoms with Crippen LogP contribution in [0.2, 0.25) is 0 Å². The van der Waals surface area contributed by atoms with Gasteiger partial charge in [0, 0.05) is 30.8 Å². The number of nitrogens with zero attached hydrogens (tertiary/aromatic N) is 1. The van der Waals surface area contributed by atoms with Crippen molar-refractivity contribution in [1.82, 2.24) is 10.0 Å². The van der Waals surface area contributed by atoms with E-state index in [1.54, 1.807) is 44.1 Å². The van der Waals surface area contributed by atoms with Gasteiger partial charge in [0.15, 0.2) is 0 Å². The monoisotopic (exact) mass is 473 g/mol. The van der Waals surface area contributed by atoms with Gasteiger partial charge in [0.2, 0.25) is 21.8 Å². The molecule has 0 unspecified atom stereocenters. The lowest BCUT2D eigenvalue weighted by Crippen LogP contribution is -2.49. The lowest BCUT2D eigenvalue weighted by atomic mass is 10.0. The average Bonchev–Trinajstić information content (AvgIpc) is 3.10. The largest absolute Gasteiger partial charge is 0.496 e. The Balaban J connectivity index is 1.77. The number of fused-ring (bicyclic) bond motifs is 1. The van der Waals surface area contributed by atoms with Gasteiger partial charge in [0.1, 0.15) is 11.8 Å². The maximum atomic E-state index is 13.1. The van der Waals surface area contributed by atoms with Crippen molar-refractivity contribution in [3.63, 3.8) is 0 Å². The predicted molar refractivity (Wildman–Crippen MR) is 127 cm³/mol. The number of benzene rings is 2. The molecule has 0 aromatic heterocycles. The standard InChI is InChI=1S/C24H31N3O5S/c1-15(2)23(24(29)25-14-18-8-6-7-9-22(18)32-5)26-33(30,31)20-10-11-21-19(13-20)12-16(3)27(21)17(4)28/h6-11,13,15-16,23,26H,12,14H2,1-5H3,(H,25,29)/t16-,23-/m1/s1. The van der Waals surface area contributed by atoms with Crippen LogP contribution in [0.5, 0.6) is 5.75 Å². The molecular weight excluding hydrogens is 442 g/mol. The number of para-hydroxylation sites is 1. The van der Waals surface area contributed by atoms with Crippen LogP contribution in [0, 0.1) is 5.92 Å². The molecule has 9 heteroatoms. The minimum atomic E-state index is -3.96. The van der Waals surface area contributed by atoms with E-state index in [0.29, 0.717) is 12.2 Å². The highest BCUT2D eigenvalue weighted by Crippen LogP contribution is 2.34. The molecule has 2 N–H and O–H groups in total. The number of rotatable bonds is 8. The molecule has 0 radical (unpaired) electrons. The maximum Gasteiger partial charge on any atom is 0.241 e. The van der Waals surface area contributed by atoms with Gasteiger partial charge in [0.05, 0.1) is 12.0 Å². The third-order valence-corrected chi connectivity index (χ3v) is 7.23. The Morgan fingerprint density at radius 1 is 1.18 bits per heavy atom. The second-order valence-corrected chi connectivity index (χ2v) is 10.3. The van der Waals surface area contributed by atoms with Gasteiger partial charge in [-0.3, -0.25) is 9.59 Å². The highest BCUT2D eigenvalue weighted by Gasteiger charge is 2.32. The molecule has 2 amide bonds. The minimum absolute atomic E-state index is 0.0346. The van der Waals surface area contributed by atoms with Crippen molar-refractivity contribution >= 4 is 27.5 Å². The lowest BCUT2D eigenvalue weighted by Gasteiger charge is -2.22. The van der Waals surface area contributed by atoms with Crippen molar-refractivity contribution in [3.05, 3.63) is 53.6 Å². The summed E-state index contributed by atoms with van der Waals surface area (Å²) in [6.07, 6.45) is 0.575. The summed E-state index contributed by atoms with van der Waals surface area (Å²) in [5.41, 5.74) is 2.31. The van der Waals surface area contributed by atoms with Gasteiger partial charge in [0.25, 0.3) is 0 Å². The van der Waals surface area contributed by atoms with Crippen molar-refractivity contribution in [3.8, 4) is 5.75 Å². The number of hydrogen-bond acceptors (Lipinski definition) is 5. The number of anilines is 1. The maximum absolute atomic E-state index is 13.1. The molecule has 1 heterocycles. The van der Waals surface area contributed by atoms with E-state index in [1.165, 1.54) is 13.0 Å². The van der Waals surface area contributed by atoms with Crippen molar-refractivity contribution in [2.45, 2.75) is 57.6 Å². The molecule has 0 saturated carbocycles. The van der Waals surface area contributed by atoms with Gasteiger partial charge in [-0.25, -0.2) is 8.42 Å². The average molecular weight is 474 g/mol. The number of nitrogens with one attached hydrogen (secondary N) is 2. The molecule has 178 valence electrons. The number of carbonyl (C=O) groups excluding carboxylic acids is 2. The molecule has 0 fully saturated rings. The Morgan fingerprint density at radius 3 is 2.52 bits per heavy atom. The SMILES string of the molecule is COc1ccccc1CNC(=O)[C@H](NS(=O)(=O)c1ccc2c(c1)C[C@@H](C)N2C(C)=O)C(C)C. The zero-order valence-electron chi connectivity index (χ0n) is 19.6.